The Morgan fingerprint density at radius 3 is 2.31 bits per heavy atom. The highest BCUT2D eigenvalue weighted by atomic mass is 35.5. The van der Waals surface area contributed by atoms with Crippen LogP contribution in [0.4, 0.5) is 5.69 Å². The molecular weight excluding hydrogens is 344 g/mol. The van der Waals surface area contributed by atoms with Gasteiger partial charge in [0.15, 0.2) is 0 Å². The molecule has 0 saturated carbocycles. The summed E-state index contributed by atoms with van der Waals surface area (Å²) >= 11 is 6.45. The number of aliphatic imine (C=N–C) groups is 1. The lowest BCUT2D eigenvalue weighted by Crippen LogP contribution is -2.12. The van der Waals surface area contributed by atoms with E-state index < -0.39 is 0 Å². The van der Waals surface area contributed by atoms with Crippen LogP contribution in [0, 0.1) is 0 Å². The molecule has 0 radical (unpaired) electrons. The third kappa shape index (κ3) is 2.14. The van der Waals surface area contributed by atoms with Gasteiger partial charge in [0.2, 0.25) is 5.78 Å². The first-order valence-electron chi connectivity index (χ1n) is 8.32. The minimum absolute atomic E-state index is 0.0426. The number of hydrogen-bond acceptors (Lipinski definition) is 2. The predicted molar refractivity (Wildman–Crippen MR) is 106 cm³/mol. The minimum atomic E-state index is -0.0426. The number of para-hydroxylation sites is 1. The summed E-state index contributed by atoms with van der Waals surface area (Å²) < 4.78 is 0. The molecular formula is C22H13ClN2O. The van der Waals surface area contributed by atoms with E-state index in [2.05, 4.69) is 9.98 Å². The number of rotatable bonds is 2. The summed E-state index contributed by atoms with van der Waals surface area (Å²) in [5, 5.41) is 1.63. The van der Waals surface area contributed by atoms with Gasteiger partial charge in [0, 0.05) is 33.8 Å². The van der Waals surface area contributed by atoms with Crippen LogP contribution in [-0.2, 0) is 0 Å². The zero-order chi connectivity index (χ0) is 17.7. The number of H-pyrrole nitrogens is 1. The second-order valence-corrected chi connectivity index (χ2v) is 6.62. The molecule has 0 amide bonds. The molecule has 0 aliphatic carbocycles. The lowest BCUT2D eigenvalue weighted by Gasteiger charge is -2.09. The molecule has 2 heterocycles. The Morgan fingerprint density at radius 2 is 1.50 bits per heavy atom. The fraction of sp³-hybridized carbons (Fsp3) is 0. The number of aromatic nitrogens is 1. The van der Waals surface area contributed by atoms with Crippen LogP contribution in [0.1, 0.15) is 15.9 Å². The van der Waals surface area contributed by atoms with Gasteiger partial charge in [-0.3, -0.25) is 4.79 Å². The Kier molecular flexibility index (Phi) is 3.30. The second kappa shape index (κ2) is 5.68. The molecule has 0 unspecified atom stereocenters. The quantitative estimate of drug-likeness (QED) is 0.484. The van der Waals surface area contributed by atoms with Gasteiger partial charge in [0.25, 0.3) is 0 Å². The van der Waals surface area contributed by atoms with Crippen LogP contribution in [0.5, 0.6) is 0 Å². The highest BCUT2D eigenvalue weighted by Gasteiger charge is 2.27. The summed E-state index contributed by atoms with van der Waals surface area (Å²) in [5.74, 6) is -0.0426. The number of nitrogens with one attached hydrogen (secondary N) is 1. The molecule has 124 valence electrons. The van der Waals surface area contributed by atoms with Crippen molar-refractivity contribution in [2.24, 2.45) is 4.99 Å². The van der Waals surface area contributed by atoms with Crippen LogP contribution in [0.15, 0.2) is 77.9 Å². The lowest BCUT2D eigenvalue weighted by atomic mass is 9.94. The molecule has 5 rings (SSSR count). The van der Waals surface area contributed by atoms with E-state index in [1.165, 1.54) is 0 Å². The van der Waals surface area contributed by atoms with Crippen molar-refractivity contribution in [1.82, 2.24) is 4.98 Å². The van der Waals surface area contributed by atoms with E-state index in [0.29, 0.717) is 16.3 Å². The number of benzene rings is 3. The van der Waals surface area contributed by atoms with Crippen LogP contribution in [-0.4, -0.2) is 16.5 Å². The van der Waals surface area contributed by atoms with Crippen molar-refractivity contribution in [1.29, 1.82) is 0 Å². The zero-order valence-corrected chi connectivity index (χ0v) is 14.4. The molecule has 0 atom stereocenters. The molecule has 3 aromatic carbocycles. The fourth-order valence-electron chi connectivity index (χ4n) is 3.52. The van der Waals surface area contributed by atoms with Crippen molar-refractivity contribution >= 4 is 39.7 Å². The Labute approximate surface area is 155 Å². The van der Waals surface area contributed by atoms with Crippen molar-refractivity contribution in [3.63, 3.8) is 0 Å². The van der Waals surface area contributed by atoms with Crippen molar-refractivity contribution in [2.75, 3.05) is 0 Å². The molecule has 4 heteroatoms. The largest absolute Gasteiger partial charge is 0.360 e. The van der Waals surface area contributed by atoms with Gasteiger partial charge in [0.05, 0.1) is 10.7 Å². The standard InChI is InChI=1S/C22H13ClN2O/c23-17-9-5-11-19-20(17)16(12-24-19)13-6-1-2-7-14(13)21-22(26)15-8-3-4-10-18(15)25-21/h1-12,24H. The number of fused-ring (bicyclic) bond motifs is 2. The fourth-order valence-corrected chi connectivity index (χ4v) is 3.80. The maximum Gasteiger partial charge on any atom is 0.214 e. The molecule has 0 saturated heterocycles. The first-order valence-corrected chi connectivity index (χ1v) is 8.69. The molecule has 0 bridgehead atoms. The molecule has 0 fully saturated rings. The van der Waals surface area contributed by atoms with Crippen molar-refractivity contribution in [3.8, 4) is 11.1 Å². The normalized spacial score (nSPS) is 13.1. The number of halogens is 1. The summed E-state index contributed by atoms with van der Waals surface area (Å²) in [6.45, 7) is 0. The van der Waals surface area contributed by atoms with Gasteiger partial charge in [-0.15, -0.1) is 0 Å². The van der Waals surface area contributed by atoms with E-state index in [4.69, 9.17) is 11.6 Å². The third-order valence-electron chi connectivity index (χ3n) is 4.72. The number of hydrogen-bond donors (Lipinski definition) is 1. The van der Waals surface area contributed by atoms with Gasteiger partial charge < -0.3 is 4.98 Å². The van der Waals surface area contributed by atoms with Gasteiger partial charge in [0.1, 0.15) is 5.71 Å². The molecule has 1 aromatic heterocycles. The smallest absolute Gasteiger partial charge is 0.214 e. The molecule has 26 heavy (non-hydrogen) atoms. The maximum absolute atomic E-state index is 12.9. The number of carbonyl (C=O) groups excluding carboxylic acids is 1. The highest BCUT2D eigenvalue weighted by Crippen LogP contribution is 2.37. The van der Waals surface area contributed by atoms with E-state index in [0.717, 1.165) is 33.3 Å². The maximum atomic E-state index is 12.9. The highest BCUT2D eigenvalue weighted by molar-refractivity contribution is 6.55. The van der Waals surface area contributed by atoms with Crippen LogP contribution in [0.25, 0.3) is 22.0 Å². The van der Waals surface area contributed by atoms with E-state index in [1.54, 1.807) is 0 Å². The van der Waals surface area contributed by atoms with Crippen LogP contribution in [0.3, 0.4) is 0 Å². The molecule has 3 nitrogen and oxygen atoms in total. The van der Waals surface area contributed by atoms with E-state index >= 15 is 0 Å². The molecule has 1 N–H and O–H groups in total. The number of carbonyl (C=O) groups is 1. The summed E-state index contributed by atoms with van der Waals surface area (Å²) in [6, 6.07) is 21.0. The predicted octanol–water partition coefficient (Wildman–Crippen LogP) is 5.81. The number of ketones is 1. The monoisotopic (exact) mass is 356 g/mol. The Balaban J connectivity index is 1.74. The SMILES string of the molecule is O=C1C(c2ccccc2-c2c[nH]c3cccc(Cl)c23)=Nc2ccccc21. The summed E-state index contributed by atoms with van der Waals surface area (Å²) in [7, 11) is 0. The topological polar surface area (TPSA) is 45.2 Å². The van der Waals surface area contributed by atoms with Crippen LogP contribution < -0.4 is 0 Å². The van der Waals surface area contributed by atoms with E-state index in [1.807, 2.05) is 72.9 Å². The van der Waals surface area contributed by atoms with Gasteiger partial charge in [-0.25, -0.2) is 4.99 Å². The number of aromatic amines is 1. The van der Waals surface area contributed by atoms with Gasteiger partial charge in [-0.1, -0.05) is 54.1 Å². The second-order valence-electron chi connectivity index (χ2n) is 6.22. The van der Waals surface area contributed by atoms with E-state index in [9.17, 15) is 4.79 Å². The number of Topliss-reactive ketones (excluding diaryl/α,β-unsaturated/α-hetero) is 1. The lowest BCUT2D eigenvalue weighted by molar-refractivity contribution is 0.107. The van der Waals surface area contributed by atoms with Gasteiger partial charge in [-0.2, -0.15) is 0 Å². The van der Waals surface area contributed by atoms with E-state index in [-0.39, 0.29) is 5.78 Å². The Hall–Kier alpha value is -3.17. The Bertz CT molecular complexity index is 1220. The van der Waals surface area contributed by atoms with Gasteiger partial charge >= 0.3 is 0 Å². The molecule has 1 aliphatic rings. The molecule has 4 aromatic rings. The minimum Gasteiger partial charge on any atom is -0.360 e. The van der Waals surface area contributed by atoms with Crippen molar-refractivity contribution in [3.05, 3.63) is 89.1 Å². The van der Waals surface area contributed by atoms with Crippen molar-refractivity contribution in [2.45, 2.75) is 0 Å². The van der Waals surface area contributed by atoms with Crippen LogP contribution >= 0.6 is 11.6 Å². The third-order valence-corrected chi connectivity index (χ3v) is 5.04. The Morgan fingerprint density at radius 1 is 0.769 bits per heavy atom. The summed E-state index contributed by atoms with van der Waals surface area (Å²) in [4.78, 5) is 20.7. The average Bonchev–Trinajstić information content (AvgIpc) is 3.25. The zero-order valence-electron chi connectivity index (χ0n) is 13.7. The molecule has 0 spiro atoms. The first-order chi connectivity index (χ1) is 12.7. The average molecular weight is 357 g/mol. The van der Waals surface area contributed by atoms with Gasteiger partial charge in [-0.05, 0) is 29.8 Å². The number of nitrogens with zero attached hydrogens (tertiary/aromatic N) is 1. The first kappa shape index (κ1) is 15.1. The summed E-state index contributed by atoms with van der Waals surface area (Å²) in [5.41, 5.74) is 5.52. The summed E-state index contributed by atoms with van der Waals surface area (Å²) in [6.07, 6.45) is 1.93. The van der Waals surface area contributed by atoms with Crippen LogP contribution in [0.2, 0.25) is 5.02 Å². The molecule has 1 aliphatic heterocycles. The van der Waals surface area contributed by atoms with Crippen molar-refractivity contribution < 1.29 is 4.79 Å².